The second-order valence-electron chi connectivity index (χ2n) is 5.84. The van der Waals surface area contributed by atoms with Crippen molar-refractivity contribution in [2.24, 2.45) is 5.92 Å². The van der Waals surface area contributed by atoms with E-state index in [0.29, 0.717) is 5.56 Å². The summed E-state index contributed by atoms with van der Waals surface area (Å²) in [6.45, 7) is 2.27. The first-order valence-electron chi connectivity index (χ1n) is 7.20. The molecule has 1 aromatic rings. The van der Waals surface area contributed by atoms with Crippen LogP contribution in [-0.4, -0.2) is 19.8 Å². The van der Waals surface area contributed by atoms with Crippen LogP contribution in [0.4, 0.5) is 4.39 Å². The Morgan fingerprint density at radius 3 is 2.60 bits per heavy atom. The first-order chi connectivity index (χ1) is 9.52. The molecule has 1 fully saturated rings. The molecule has 20 heavy (non-hydrogen) atoms. The summed E-state index contributed by atoms with van der Waals surface area (Å²) in [5, 5.41) is 3.28. The summed E-state index contributed by atoms with van der Waals surface area (Å²) in [6.07, 6.45) is 4.17. The van der Waals surface area contributed by atoms with Crippen molar-refractivity contribution >= 4 is 15.9 Å². The number of halogens is 2. The highest BCUT2D eigenvalue weighted by Crippen LogP contribution is 2.43. The van der Waals surface area contributed by atoms with E-state index in [0.717, 1.165) is 36.1 Å². The molecule has 1 aliphatic carbocycles. The van der Waals surface area contributed by atoms with Gasteiger partial charge in [0.2, 0.25) is 0 Å². The van der Waals surface area contributed by atoms with E-state index < -0.39 is 0 Å². The van der Waals surface area contributed by atoms with Crippen LogP contribution in [0.15, 0.2) is 22.7 Å². The Balaban J connectivity index is 2.36. The fraction of sp³-hybridized carbons (Fsp3) is 0.625. The Hall–Kier alpha value is -0.450. The Kier molecular flexibility index (Phi) is 5.21. The number of methoxy groups -OCH3 is 1. The first-order valence-corrected chi connectivity index (χ1v) is 7.99. The summed E-state index contributed by atoms with van der Waals surface area (Å²) in [7, 11) is 3.63. The topological polar surface area (TPSA) is 21.3 Å². The lowest BCUT2D eigenvalue weighted by Crippen LogP contribution is -2.47. The molecule has 0 bridgehead atoms. The quantitative estimate of drug-likeness (QED) is 0.872. The van der Waals surface area contributed by atoms with Gasteiger partial charge in [0, 0.05) is 17.1 Å². The summed E-state index contributed by atoms with van der Waals surface area (Å²) < 4.78 is 21.0. The van der Waals surface area contributed by atoms with Crippen LogP contribution < -0.4 is 5.32 Å². The van der Waals surface area contributed by atoms with Gasteiger partial charge in [-0.15, -0.1) is 0 Å². The van der Waals surface area contributed by atoms with Gasteiger partial charge < -0.3 is 10.1 Å². The van der Waals surface area contributed by atoms with Gasteiger partial charge in [-0.3, -0.25) is 0 Å². The van der Waals surface area contributed by atoms with Crippen LogP contribution in [0.3, 0.4) is 0 Å². The molecule has 2 rings (SSSR count). The van der Waals surface area contributed by atoms with Gasteiger partial charge in [-0.25, -0.2) is 4.39 Å². The SMILES string of the molecule is CNC(c1cc(Br)ccc1F)C1(OC)CCC(C)CC1. The van der Waals surface area contributed by atoms with Crippen molar-refractivity contribution in [1.82, 2.24) is 5.32 Å². The van der Waals surface area contributed by atoms with E-state index in [-0.39, 0.29) is 17.5 Å². The monoisotopic (exact) mass is 343 g/mol. The summed E-state index contributed by atoms with van der Waals surface area (Å²) in [4.78, 5) is 0. The zero-order valence-electron chi connectivity index (χ0n) is 12.4. The fourth-order valence-electron chi connectivity index (χ4n) is 3.30. The van der Waals surface area contributed by atoms with Gasteiger partial charge in [0.15, 0.2) is 0 Å². The van der Waals surface area contributed by atoms with Crippen LogP contribution in [0.25, 0.3) is 0 Å². The first kappa shape index (κ1) is 15.9. The van der Waals surface area contributed by atoms with Crippen molar-refractivity contribution in [3.63, 3.8) is 0 Å². The number of hydrogen-bond donors (Lipinski definition) is 1. The number of rotatable bonds is 4. The van der Waals surface area contributed by atoms with Crippen molar-refractivity contribution < 1.29 is 9.13 Å². The molecule has 0 heterocycles. The molecule has 0 radical (unpaired) electrons. The lowest BCUT2D eigenvalue weighted by atomic mass is 9.73. The van der Waals surface area contributed by atoms with Crippen molar-refractivity contribution in [3.8, 4) is 0 Å². The van der Waals surface area contributed by atoms with Gasteiger partial charge in [0.05, 0.1) is 11.6 Å². The molecule has 0 spiro atoms. The fourth-order valence-corrected chi connectivity index (χ4v) is 3.68. The summed E-state index contributed by atoms with van der Waals surface area (Å²) >= 11 is 3.43. The van der Waals surface area contributed by atoms with E-state index in [1.807, 2.05) is 13.1 Å². The minimum atomic E-state index is -0.317. The van der Waals surface area contributed by atoms with Gasteiger partial charge in [-0.2, -0.15) is 0 Å². The standard InChI is InChI=1S/C16H23BrFNO/c1-11-6-8-16(20-3,9-7-11)15(19-2)13-10-12(17)4-5-14(13)18/h4-5,10-11,15,19H,6-9H2,1-3H3. The third kappa shape index (κ3) is 3.07. The Morgan fingerprint density at radius 1 is 1.40 bits per heavy atom. The van der Waals surface area contributed by atoms with Crippen LogP contribution in [0.1, 0.15) is 44.2 Å². The van der Waals surface area contributed by atoms with E-state index in [1.54, 1.807) is 13.2 Å². The van der Waals surface area contributed by atoms with Crippen molar-refractivity contribution in [2.45, 2.75) is 44.2 Å². The molecular formula is C16H23BrFNO. The van der Waals surface area contributed by atoms with Gasteiger partial charge >= 0.3 is 0 Å². The van der Waals surface area contributed by atoms with Crippen LogP contribution in [0.2, 0.25) is 0 Å². The lowest BCUT2D eigenvalue weighted by molar-refractivity contribution is -0.0752. The zero-order chi connectivity index (χ0) is 14.8. The predicted molar refractivity (Wildman–Crippen MR) is 83.3 cm³/mol. The molecule has 1 N–H and O–H groups in total. The van der Waals surface area contributed by atoms with Crippen LogP contribution in [-0.2, 0) is 4.74 Å². The van der Waals surface area contributed by atoms with E-state index in [4.69, 9.17) is 4.74 Å². The molecular weight excluding hydrogens is 321 g/mol. The number of ether oxygens (including phenoxy) is 1. The smallest absolute Gasteiger partial charge is 0.128 e. The van der Waals surface area contributed by atoms with E-state index in [9.17, 15) is 4.39 Å². The predicted octanol–water partition coefficient (Wildman–Crippen LogP) is 4.44. The Labute approximate surface area is 129 Å². The highest BCUT2D eigenvalue weighted by atomic mass is 79.9. The Morgan fingerprint density at radius 2 is 2.05 bits per heavy atom. The number of hydrogen-bond acceptors (Lipinski definition) is 2. The molecule has 112 valence electrons. The number of likely N-dealkylation sites (N-methyl/N-ethyl adjacent to an activating group) is 1. The molecule has 0 amide bonds. The Bertz CT molecular complexity index is 458. The highest BCUT2D eigenvalue weighted by molar-refractivity contribution is 9.10. The number of nitrogens with one attached hydrogen (secondary N) is 1. The molecule has 1 aliphatic rings. The van der Waals surface area contributed by atoms with Crippen molar-refractivity contribution in [1.29, 1.82) is 0 Å². The summed E-state index contributed by atoms with van der Waals surface area (Å²) in [6, 6.07) is 4.97. The second kappa shape index (κ2) is 6.54. The van der Waals surface area contributed by atoms with Gasteiger partial charge in [-0.05, 0) is 56.8 Å². The van der Waals surface area contributed by atoms with E-state index >= 15 is 0 Å². The largest absolute Gasteiger partial charge is 0.376 e. The summed E-state index contributed by atoms with van der Waals surface area (Å²) in [5.41, 5.74) is 0.362. The molecule has 0 aliphatic heterocycles. The molecule has 1 aromatic carbocycles. The van der Waals surface area contributed by atoms with Crippen molar-refractivity contribution in [2.75, 3.05) is 14.2 Å². The molecule has 1 saturated carbocycles. The maximum Gasteiger partial charge on any atom is 0.128 e. The number of benzene rings is 1. The molecule has 2 nitrogen and oxygen atoms in total. The third-order valence-electron chi connectivity index (χ3n) is 4.61. The molecule has 4 heteroatoms. The molecule has 0 saturated heterocycles. The molecule has 1 atom stereocenters. The van der Waals surface area contributed by atoms with Crippen LogP contribution in [0, 0.1) is 11.7 Å². The average Bonchev–Trinajstić information content (AvgIpc) is 2.45. The highest BCUT2D eigenvalue weighted by Gasteiger charge is 2.42. The summed E-state index contributed by atoms with van der Waals surface area (Å²) in [5.74, 6) is 0.547. The molecule has 0 aromatic heterocycles. The lowest BCUT2D eigenvalue weighted by Gasteiger charge is -2.44. The maximum absolute atomic E-state index is 14.2. The third-order valence-corrected chi connectivity index (χ3v) is 5.10. The normalized spacial score (nSPS) is 28.4. The minimum Gasteiger partial charge on any atom is -0.376 e. The van der Waals surface area contributed by atoms with Gasteiger partial charge in [0.25, 0.3) is 0 Å². The zero-order valence-corrected chi connectivity index (χ0v) is 14.0. The van der Waals surface area contributed by atoms with Gasteiger partial charge in [-0.1, -0.05) is 22.9 Å². The van der Waals surface area contributed by atoms with E-state index in [2.05, 4.69) is 28.2 Å². The second-order valence-corrected chi connectivity index (χ2v) is 6.75. The van der Waals surface area contributed by atoms with Gasteiger partial charge in [0.1, 0.15) is 5.82 Å². The average molecular weight is 344 g/mol. The van der Waals surface area contributed by atoms with Crippen LogP contribution >= 0.6 is 15.9 Å². The minimum absolute atomic E-state index is 0.127. The maximum atomic E-state index is 14.2. The van der Waals surface area contributed by atoms with Crippen molar-refractivity contribution in [3.05, 3.63) is 34.1 Å². The van der Waals surface area contributed by atoms with E-state index in [1.165, 1.54) is 6.07 Å². The molecule has 1 unspecified atom stereocenters. The van der Waals surface area contributed by atoms with Crippen LogP contribution in [0.5, 0.6) is 0 Å².